The van der Waals surface area contributed by atoms with Gasteiger partial charge in [0.25, 0.3) is 5.91 Å². The smallest absolute Gasteiger partial charge is 0.279 e. The molecule has 0 bridgehead atoms. The average Bonchev–Trinajstić information content (AvgIpc) is 3.07. The molecule has 0 saturated heterocycles. The topological polar surface area (TPSA) is 88.5 Å². The van der Waals surface area contributed by atoms with Gasteiger partial charge >= 0.3 is 0 Å². The summed E-state index contributed by atoms with van der Waals surface area (Å²) < 4.78 is 2.81. The number of amides is 1. The van der Waals surface area contributed by atoms with Gasteiger partial charge in [-0.25, -0.2) is 9.67 Å². The number of nitrogens with zero attached hydrogens (tertiary/aromatic N) is 4. The molecule has 2 heterocycles. The van der Waals surface area contributed by atoms with Crippen LogP contribution in [0.5, 0.6) is 0 Å². The molecule has 0 unspecified atom stereocenters. The Morgan fingerprint density at radius 2 is 2.22 bits per heavy atom. The van der Waals surface area contributed by atoms with Crippen molar-refractivity contribution in [2.75, 3.05) is 5.32 Å². The van der Waals surface area contributed by atoms with Gasteiger partial charge in [-0.3, -0.25) is 15.2 Å². The van der Waals surface area contributed by atoms with Crippen LogP contribution in [0, 0.1) is 6.92 Å². The van der Waals surface area contributed by atoms with Gasteiger partial charge in [0.2, 0.25) is 5.95 Å². The maximum absolute atomic E-state index is 12.1. The van der Waals surface area contributed by atoms with Gasteiger partial charge in [0, 0.05) is 0 Å². The van der Waals surface area contributed by atoms with Crippen LogP contribution in [0.1, 0.15) is 21.6 Å². The van der Waals surface area contributed by atoms with E-state index in [0.29, 0.717) is 15.6 Å². The molecular formula is C14H12Br2N6O. The molecule has 0 aliphatic carbocycles. The molecule has 118 valence electrons. The molecule has 1 amide bonds. The van der Waals surface area contributed by atoms with Crippen molar-refractivity contribution in [1.82, 2.24) is 25.0 Å². The first kappa shape index (κ1) is 15.9. The standard InChI is InChI=1S/C14H12Br2N6O/c1-8-3-2-4-9(5-8)6-22-7-17-14(21-22)18-13(23)11-10(15)12(16)20-19-11/h2-5,7H,6H2,1H3,(H,19,20)(H,18,21,23). The van der Waals surface area contributed by atoms with Crippen molar-refractivity contribution in [2.24, 2.45) is 0 Å². The molecular weight excluding hydrogens is 428 g/mol. The van der Waals surface area contributed by atoms with Crippen LogP contribution in [0.25, 0.3) is 0 Å². The van der Waals surface area contributed by atoms with E-state index in [1.807, 2.05) is 25.1 Å². The quantitative estimate of drug-likeness (QED) is 0.653. The minimum atomic E-state index is -0.396. The van der Waals surface area contributed by atoms with Crippen molar-refractivity contribution in [3.63, 3.8) is 0 Å². The van der Waals surface area contributed by atoms with Crippen molar-refractivity contribution < 1.29 is 4.79 Å². The van der Waals surface area contributed by atoms with Gasteiger partial charge in [0.1, 0.15) is 10.9 Å². The first-order valence-corrected chi connectivity index (χ1v) is 8.27. The second kappa shape index (κ2) is 6.63. The second-order valence-corrected chi connectivity index (χ2v) is 6.50. The maximum atomic E-state index is 12.1. The number of hydrogen-bond acceptors (Lipinski definition) is 4. The number of aromatic nitrogens is 5. The lowest BCUT2D eigenvalue weighted by molar-refractivity contribution is 0.102. The molecule has 0 spiro atoms. The largest absolute Gasteiger partial charge is 0.288 e. The van der Waals surface area contributed by atoms with E-state index in [9.17, 15) is 4.79 Å². The summed E-state index contributed by atoms with van der Waals surface area (Å²) in [6.45, 7) is 2.62. The summed E-state index contributed by atoms with van der Waals surface area (Å²) in [5.74, 6) is -0.166. The maximum Gasteiger partial charge on any atom is 0.279 e. The third kappa shape index (κ3) is 3.67. The Bertz CT molecular complexity index is 857. The summed E-state index contributed by atoms with van der Waals surface area (Å²) >= 11 is 6.51. The van der Waals surface area contributed by atoms with Crippen molar-refractivity contribution >= 4 is 43.7 Å². The number of H-pyrrole nitrogens is 1. The van der Waals surface area contributed by atoms with Crippen LogP contribution in [0.3, 0.4) is 0 Å². The first-order chi connectivity index (χ1) is 11.0. The molecule has 0 aliphatic rings. The summed E-state index contributed by atoms with van der Waals surface area (Å²) in [4.78, 5) is 16.2. The molecule has 7 nitrogen and oxygen atoms in total. The zero-order valence-corrected chi connectivity index (χ0v) is 15.2. The van der Waals surface area contributed by atoms with Gasteiger partial charge in [0.15, 0.2) is 5.69 Å². The lowest BCUT2D eigenvalue weighted by Gasteiger charge is -2.02. The highest BCUT2D eigenvalue weighted by molar-refractivity contribution is 9.13. The Morgan fingerprint density at radius 3 is 2.91 bits per heavy atom. The number of halogens is 2. The van der Waals surface area contributed by atoms with Gasteiger partial charge in [0.05, 0.1) is 11.0 Å². The highest BCUT2D eigenvalue weighted by atomic mass is 79.9. The second-order valence-electron chi connectivity index (χ2n) is 4.91. The summed E-state index contributed by atoms with van der Waals surface area (Å²) in [5.41, 5.74) is 2.53. The number of carbonyl (C=O) groups excluding carboxylic acids is 1. The van der Waals surface area contributed by atoms with Crippen molar-refractivity contribution in [3.8, 4) is 0 Å². The molecule has 23 heavy (non-hydrogen) atoms. The van der Waals surface area contributed by atoms with Crippen molar-refractivity contribution in [3.05, 3.63) is 56.5 Å². The molecule has 3 aromatic rings. The van der Waals surface area contributed by atoms with Crippen molar-refractivity contribution in [1.29, 1.82) is 0 Å². The number of aryl methyl sites for hydroxylation is 1. The molecule has 2 aromatic heterocycles. The number of aromatic amines is 1. The number of anilines is 1. The van der Waals surface area contributed by atoms with Crippen LogP contribution in [-0.2, 0) is 6.54 Å². The molecule has 0 fully saturated rings. The number of carbonyl (C=O) groups is 1. The van der Waals surface area contributed by atoms with Crippen LogP contribution in [-0.4, -0.2) is 30.9 Å². The first-order valence-electron chi connectivity index (χ1n) is 6.68. The number of nitrogens with one attached hydrogen (secondary N) is 2. The fourth-order valence-electron chi connectivity index (χ4n) is 2.04. The summed E-state index contributed by atoms with van der Waals surface area (Å²) in [6, 6.07) is 8.14. The SMILES string of the molecule is Cc1cccc(Cn2cnc(NC(=O)c3n[nH]c(Br)c3Br)n2)c1. The Morgan fingerprint density at radius 1 is 1.39 bits per heavy atom. The van der Waals surface area contributed by atoms with E-state index in [2.05, 4.69) is 63.5 Å². The molecule has 0 aliphatic heterocycles. The highest BCUT2D eigenvalue weighted by Crippen LogP contribution is 2.24. The predicted molar refractivity (Wildman–Crippen MR) is 92.2 cm³/mol. The van der Waals surface area contributed by atoms with E-state index < -0.39 is 5.91 Å². The predicted octanol–water partition coefficient (Wildman–Crippen LogP) is 3.14. The third-order valence-electron chi connectivity index (χ3n) is 3.07. The average molecular weight is 440 g/mol. The van der Waals surface area contributed by atoms with Crippen molar-refractivity contribution in [2.45, 2.75) is 13.5 Å². The molecule has 1 aromatic carbocycles. The Labute approximate surface area is 148 Å². The molecule has 3 rings (SSSR count). The van der Waals surface area contributed by atoms with Crippen LogP contribution in [0.2, 0.25) is 0 Å². The van der Waals surface area contributed by atoms with Gasteiger partial charge in [-0.1, -0.05) is 29.8 Å². The zero-order chi connectivity index (χ0) is 16.4. The Hall–Kier alpha value is -2.00. The van der Waals surface area contributed by atoms with E-state index in [4.69, 9.17) is 0 Å². The van der Waals surface area contributed by atoms with Crippen LogP contribution in [0.15, 0.2) is 39.7 Å². The normalized spacial score (nSPS) is 10.7. The Balaban J connectivity index is 1.70. The monoisotopic (exact) mass is 438 g/mol. The van der Waals surface area contributed by atoms with E-state index in [-0.39, 0.29) is 11.6 Å². The molecule has 0 atom stereocenters. The van der Waals surface area contributed by atoms with Crippen LogP contribution < -0.4 is 5.32 Å². The highest BCUT2D eigenvalue weighted by Gasteiger charge is 2.18. The Kier molecular flexibility index (Phi) is 4.58. The number of rotatable bonds is 4. The van der Waals surface area contributed by atoms with Crippen LogP contribution >= 0.6 is 31.9 Å². The van der Waals surface area contributed by atoms with Gasteiger partial charge in [-0.2, -0.15) is 5.10 Å². The fourth-order valence-corrected chi connectivity index (χ4v) is 2.68. The van der Waals surface area contributed by atoms with Gasteiger partial charge in [-0.05, 0) is 44.3 Å². The molecule has 2 N–H and O–H groups in total. The minimum Gasteiger partial charge on any atom is -0.288 e. The third-order valence-corrected chi connectivity index (χ3v) is 4.95. The van der Waals surface area contributed by atoms with E-state index in [1.165, 1.54) is 5.56 Å². The minimum absolute atomic E-state index is 0.229. The van der Waals surface area contributed by atoms with Gasteiger partial charge in [-0.15, -0.1) is 5.10 Å². The fraction of sp³-hybridized carbons (Fsp3) is 0.143. The summed E-state index contributed by atoms with van der Waals surface area (Å²) in [7, 11) is 0. The summed E-state index contributed by atoms with van der Waals surface area (Å²) in [6.07, 6.45) is 1.58. The number of benzene rings is 1. The van der Waals surface area contributed by atoms with E-state index in [1.54, 1.807) is 11.0 Å². The van der Waals surface area contributed by atoms with Crippen LogP contribution in [0.4, 0.5) is 5.95 Å². The molecule has 0 saturated carbocycles. The zero-order valence-electron chi connectivity index (χ0n) is 12.0. The van der Waals surface area contributed by atoms with E-state index in [0.717, 1.165) is 5.56 Å². The summed E-state index contributed by atoms with van der Waals surface area (Å²) in [5, 5.41) is 13.4. The number of hydrogen-bond donors (Lipinski definition) is 2. The molecule has 9 heteroatoms. The van der Waals surface area contributed by atoms with E-state index >= 15 is 0 Å². The molecule has 0 radical (unpaired) electrons. The van der Waals surface area contributed by atoms with Gasteiger partial charge < -0.3 is 0 Å². The lowest BCUT2D eigenvalue weighted by atomic mass is 10.1. The lowest BCUT2D eigenvalue weighted by Crippen LogP contribution is -2.14.